The van der Waals surface area contributed by atoms with E-state index in [1.54, 1.807) is 29.2 Å². The average molecular weight is 203 g/mol. The number of hydrogen-bond donors (Lipinski definition) is 0. The van der Waals surface area contributed by atoms with Crippen molar-refractivity contribution in [3.05, 3.63) is 48.6 Å². The molecule has 76 valence electrons. The minimum absolute atomic E-state index is 0.390. The molecule has 0 aliphatic carbocycles. The first-order valence-corrected chi connectivity index (χ1v) is 4.50. The fraction of sp³-hybridized carbons (Fsp3) is 0.0909. The molecule has 0 saturated carbocycles. The molecule has 0 fully saturated rings. The van der Waals surface area contributed by atoms with Crippen LogP contribution in [0.5, 0.6) is 0 Å². The Morgan fingerprint density at radius 1 is 1.47 bits per heavy atom. The Bertz CT molecular complexity index is 502. The summed E-state index contributed by atoms with van der Waals surface area (Å²) in [6.07, 6.45) is 4.81. The maximum absolute atomic E-state index is 13.5. The van der Waals surface area contributed by atoms with E-state index in [2.05, 4.69) is 16.5 Å². The van der Waals surface area contributed by atoms with E-state index >= 15 is 0 Å². The molecule has 0 unspecified atom stereocenters. The fourth-order valence-electron chi connectivity index (χ4n) is 1.30. The Kier molecular flexibility index (Phi) is 2.33. The van der Waals surface area contributed by atoms with E-state index in [1.165, 1.54) is 6.08 Å². The number of nitrogens with zero attached hydrogens (tertiary/aromatic N) is 3. The third kappa shape index (κ3) is 1.79. The van der Waals surface area contributed by atoms with Crippen LogP contribution in [-0.2, 0) is 0 Å². The lowest BCUT2D eigenvalue weighted by molar-refractivity contribution is 0.574. The Hall–Kier alpha value is -1.97. The highest BCUT2D eigenvalue weighted by Gasteiger charge is 2.06. The van der Waals surface area contributed by atoms with E-state index in [4.69, 9.17) is 0 Å². The predicted molar refractivity (Wildman–Crippen MR) is 56.1 cm³/mol. The topological polar surface area (TPSA) is 30.7 Å². The predicted octanol–water partition coefficient (Wildman–Crippen LogP) is 2.36. The third-order valence-corrected chi connectivity index (χ3v) is 2.05. The normalized spacial score (nSPS) is 10.3. The lowest BCUT2D eigenvalue weighted by atomic mass is 10.3. The highest BCUT2D eigenvalue weighted by Crippen LogP contribution is 2.12. The van der Waals surface area contributed by atoms with Gasteiger partial charge in [-0.2, -0.15) is 4.39 Å². The van der Waals surface area contributed by atoms with Gasteiger partial charge in [0.2, 0.25) is 5.95 Å². The maximum Gasteiger partial charge on any atom is 0.237 e. The molecule has 2 aromatic heterocycles. The molecule has 0 atom stereocenters. The standard InChI is InChI=1S/C11H10FN3/c1-3-9-4-5-10(11(12)14-9)15-6-8(2)13-7-15/h3-7H,1H2,2H3. The molecule has 2 aromatic rings. The van der Waals surface area contributed by atoms with E-state index < -0.39 is 5.95 Å². The minimum atomic E-state index is -0.523. The van der Waals surface area contributed by atoms with Gasteiger partial charge in [0.15, 0.2) is 0 Å². The molecule has 0 bridgehead atoms. The van der Waals surface area contributed by atoms with Crippen molar-refractivity contribution < 1.29 is 4.39 Å². The molecule has 0 aliphatic rings. The van der Waals surface area contributed by atoms with Crippen molar-refractivity contribution in [1.82, 2.24) is 14.5 Å². The SMILES string of the molecule is C=Cc1ccc(-n2cnc(C)c2)c(F)n1. The summed E-state index contributed by atoms with van der Waals surface area (Å²) in [4.78, 5) is 7.77. The smallest absolute Gasteiger partial charge is 0.237 e. The van der Waals surface area contributed by atoms with Crippen molar-refractivity contribution in [2.24, 2.45) is 0 Å². The molecule has 0 saturated heterocycles. The fourth-order valence-corrected chi connectivity index (χ4v) is 1.30. The number of pyridine rings is 1. The van der Waals surface area contributed by atoms with Gasteiger partial charge in [-0.3, -0.25) is 0 Å². The molecule has 0 amide bonds. The van der Waals surface area contributed by atoms with Crippen LogP contribution in [0, 0.1) is 12.9 Å². The van der Waals surface area contributed by atoms with E-state index in [0.717, 1.165) is 5.69 Å². The second-order valence-electron chi connectivity index (χ2n) is 3.17. The van der Waals surface area contributed by atoms with Crippen molar-refractivity contribution in [3.63, 3.8) is 0 Å². The van der Waals surface area contributed by atoms with Crippen molar-refractivity contribution >= 4 is 6.08 Å². The molecule has 2 heterocycles. The molecular formula is C11H10FN3. The molecule has 0 radical (unpaired) electrons. The van der Waals surface area contributed by atoms with Gasteiger partial charge in [-0.1, -0.05) is 6.58 Å². The van der Waals surface area contributed by atoms with E-state index in [-0.39, 0.29) is 0 Å². The first-order valence-electron chi connectivity index (χ1n) is 4.50. The van der Waals surface area contributed by atoms with E-state index in [0.29, 0.717) is 11.4 Å². The van der Waals surface area contributed by atoms with Gasteiger partial charge >= 0.3 is 0 Å². The summed E-state index contributed by atoms with van der Waals surface area (Å²) in [6, 6.07) is 3.36. The second-order valence-corrected chi connectivity index (χ2v) is 3.17. The zero-order chi connectivity index (χ0) is 10.8. The molecule has 4 heteroatoms. The van der Waals surface area contributed by atoms with Gasteiger partial charge in [0, 0.05) is 6.20 Å². The van der Waals surface area contributed by atoms with Gasteiger partial charge in [-0.15, -0.1) is 0 Å². The summed E-state index contributed by atoms with van der Waals surface area (Å²) in [5.41, 5.74) is 1.75. The van der Waals surface area contributed by atoms with Gasteiger partial charge in [-0.25, -0.2) is 9.97 Å². The molecular weight excluding hydrogens is 193 g/mol. The van der Waals surface area contributed by atoms with Crippen LogP contribution in [0.2, 0.25) is 0 Å². The van der Waals surface area contributed by atoms with Crippen LogP contribution in [0.25, 0.3) is 11.8 Å². The number of halogens is 1. The van der Waals surface area contributed by atoms with Crippen LogP contribution >= 0.6 is 0 Å². The number of aromatic nitrogens is 3. The number of hydrogen-bond acceptors (Lipinski definition) is 2. The minimum Gasteiger partial charge on any atom is -0.302 e. The average Bonchev–Trinajstić information content (AvgIpc) is 2.64. The Labute approximate surface area is 86.9 Å². The molecule has 0 N–H and O–H groups in total. The van der Waals surface area contributed by atoms with Crippen LogP contribution in [0.15, 0.2) is 31.2 Å². The Morgan fingerprint density at radius 3 is 2.80 bits per heavy atom. The van der Waals surface area contributed by atoms with Crippen molar-refractivity contribution in [2.45, 2.75) is 6.92 Å². The zero-order valence-corrected chi connectivity index (χ0v) is 8.31. The molecule has 2 rings (SSSR count). The van der Waals surface area contributed by atoms with Gasteiger partial charge in [0.05, 0.1) is 17.7 Å². The number of rotatable bonds is 2. The maximum atomic E-state index is 13.5. The highest BCUT2D eigenvalue weighted by molar-refractivity contribution is 5.44. The third-order valence-electron chi connectivity index (χ3n) is 2.05. The molecule has 0 spiro atoms. The summed E-state index contributed by atoms with van der Waals surface area (Å²) < 4.78 is 15.1. The molecule has 15 heavy (non-hydrogen) atoms. The van der Waals surface area contributed by atoms with E-state index in [1.807, 2.05) is 6.92 Å². The van der Waals surface area contributed by atoms with Gasteiger partial charge in [0.25, 0.3) is 0 Å². The quantitative estimate of drug-likeness (QED) is 0.701. The molecule has 0 aromatic carbocycles. The van der Waals surface area contributed by atoms with Gasteiger partial charge < -0.3 is 4.57 Å². The summed E-state index contributed by atoms with van der Waals surface area (Å²) in [7, 11) is 0. The first-order chi connectivity index (χ1) is 7.20. The van der Waals surface area contributed by atoms with Gasteiger partial charge in [0.1, 0.15) is 5.69 Å². The Balaban J connectivity index is 2.49. The monoisotopic (exact) mass is 203 g/mol. The zero-order valence-electron chi connectivity index (χ0n) is 8.31. The second kappa shape index (κ2) is 3.65. The lowest BCUT2D eigenvalue weighted by Gasteiger charge is -2.03. The van der Waals surface area contributed by atoms with Crippen molar-refractivity contribution in [3.8, 4) is 5.69 Å². The van der Waals surface area contributed by atoms with Crippen LogP contribution in [0.4, 0.5) is 4.39 Å². The molecule has 0 aliphatic heterocycles. The van der Waals surface area contributed by atoms with Crippen molar-refractivity contribution in [1.29, 1.82) is 0 Å². The van der Waals surface area contributed by atoms with Crippen LogP contribution < -0.4 is 0 Å². The lowest BCUT2D eigenvalue weighted by Crippen LogP contribution is -1.98. The summed E-state index contributed by atoms with van der Waals surface area (Å²) in [6.45, 7) is 5.38. The first kappa shape index (κ1) is 9.58. The van der Waals surface area contributed by atoms with Gasteiger partial charge in [-0.05, 0) is 25.1 Å². The Morgan fingerprint density at radius 2 is 2.27 bits per heavy atom. The molecule has 3 nitrogen and oxygen atoms in total. The summed E-state index contributed by atoms with van der Waals surface area (Å²) in [5.74, 6) is -0.523. The van der Waals surface area contributed by atoms with Crippen LogP contribution in [-0.4, -0.2) is 14.5 Å². The highest BCUT2D eigenvalue weighted by atomic mass is 19.1. The largest absolute Gasteiger partial charge is 0.302 e. The van der Waals surface area contributed by atoms with Crippen LogP contribution in [0.1, 0.15) is 11.4 Å². The summed E-state index contributed by atoms with van der Waals surface area (Å²) >= 11 is 0. The number of aryl methyl sites for hydroxylation is 1. The van der Waals surface area contributed by atoms with Crippen LogP contribution in [0.3, 0.4) is 0 Å². The summed E-state index contributed by atoms with van der Waals surface area (Å²) in [5, 5.41) is 0. The van der Waals surface area contributed by atoms with E-state index in [9.17, 15) is 4.39 Å². The van der Waals surface area contributed by atoms with Crippen molar-refractivity contribution in [2.75, 3.05) is 0 Å². The number of imidazole rings is 1.